The quantitative estimate of drug-likeness (QED) is 0.0191. The predicted molar refractivity (Wildman–Crippen MR) is 344 cm³/mol. The molecule has 0 spiro atoms. The van der Waals surface area contributed by atoms with Crippen molar-refractivity contribution in [2.45, 2.75) is 207 Å². The van der Waals surface area contributed by atoms with Gasteiger partial charge >= 0.3 is 12.1 Å². The molecule has 510 valence electrons. The van der Waals surface area contributed by atoms with Crippen LogP contribution in [-0.2, 0) is 59.2 Å². The highest BCUT2D eigenvalue weighted by Gasteiger charge is 2.44. The standard InChI is InChI=1S/C65H106N12O14/c1-15-41(8)56(49(89-13)36-52(80)77-35-23-27-48(77)58(90-14)42(9)59(82)69-43(10)57(81)45-24-18-16-19-25-45)75(11)63(86)54(39(4)5)73-62(85)55(40(6)7)76(12)65(88)91-37-44-30-32-46(33-31-44)70-60(83)47(26-22-34-68-64(66)87)71-61(84)53(38(2)3)72-50(78)28-20-17-21-29-51(79)74-67/h16,18-19,24-25,30-33,38-43,47-49,53-58,81H,15,17,20-23,26-29,34-37,67H2,1-14H3,(H,69,82)(H,70,83)(H,71,84)(H,72,78)(H,73,85)(H,74,79)(H3,66,68,87)/t41-,42-,43-,47+,48+,49-,53+,54+,55+,56+,57-,58-/m1/s1. The van der Waals surface area contributed by atoms with Crippen LogP contribution in [0.5, 0.6) is 0 Å². The number of hydrazine groups is 1. The van der Waals surface area contributed by atoms with Gasteiger partial charge in [-0.05, 0) is 92.4 Å². The highest BCUT2D eigenvalue weighted by Crippen LogP contribution is 2.30. The molecule has 11 amide bonds. The number of primary amides is 1. The number of hydrogen-bond acceptors (Lipinski definition) is 15. The normalized spacial score (nSPS) is 16.7. The molecule has 0 aromatic heterocycles. The second-order valence-electron chi connectivity index (χ2n) is 24.9. The summed E-state index contributed by atoms with van der Waals surface area (Å²) in [7, 11) is 6.09. The molecule has 91 heavy (non-hydrogen) atoms. The van der Waals surface area contributed by atoms with Gasteiger partial charge in [0, 0.05) is 59.9 Å². The number of nitrogens with two attached hydrogens (primary N) is 2. The molecule has 0 radical (unpaired) electrons. The minimum Gasteiger partial charge on any atom is -0.445 e. The van der Waals surface area contributed by atoms with Crippen LogP contribution in [0.3, 0.4) is 0 Å². The number of unbranched alkanes of at least 4 members (excludes halogenated alkanes) is 2. The predicted octanol–water partition coefficient (Wildman–Crippen LogP) is 4.53. The van der Waals surface area contributed by atoms with E-state index in [1.54, 1.807) is 109 Å². The zero-order valence-electron chi connectivity index (χ0n) is 56.0. The Balaban J connectivity index is 1.69. The lowest BCUT2D eigenvalue weighted by Crippen LogP contribution is -2.60. The van der Waals surface area contributed by atoms with Gasteiger partial charge in [-0.25, -0.2) is 15.4 Å². The van der Waals surface area contributed by atoms with Crippen LogP contribution < -0.4 is 48.9 Å². The number of nitrogens with one attached hydrogen (secondary N) is 7. The average molecular weight is 1280 g/mol. The first-order chi connectivity index (χ1) is 43.0. The lowest BCUT2D eigenvalue weighted by molar-refractivity contribution is -0.148. The van der Waals surface area contributed by atoms with Crippen LogP contribution in [0.1, 0.15) is 157 Å². The number of likely N-dealkylation sites (N-methyl/N-ethyl adjacent to an activating group) is 2. The van der Waals surface area contributed by atoms with Crippen LogP contribution in [0.4, 0.5) is 15.3 Å². The summed E-state index contributed by atoms with van der Waals surface area (Å²) in [5.74, 6) is -0.356. The molecule has 12 atom stereocenters. The number of carbonyl (C=O) groups is 10. The van der Waals surface area contributed by atoms with Gasteiger partial charge in [-0.1, -0.05) is 118 Å². The van der Waals surface area contributed by atoms with Gasteiger partial charge in [0.25, 0.3) is 0 Å². The monoisotopic (exact) mass is 1280 g/mol. The van der Waals surface area contributed by atoms with Crippen molar-refractivity contribution in [2.75, 3.05) is 46.7 Å². The van der Waals surface area contributed by atoms with Crippen LogP contribution >= 0.6 is 0 Å². The number of amides is 11. The summed E-state index contributed by atoms with van der Waals surface area (Å²) in [6.45, 7) is 18.4. The number of carbonyl (C=O) groups excluding carboxylic acids is 10. The molecule has 26 heteroatoms. The van der Waals surface area contributed by atoms with Gasteiger partial charge in [0.05, 0.1) is 48.8 Å². The smallest absolute Gasteiger partial charge is 0.410 e. The number of ether oxygens (including phenoxy) is 3. The molecular weight excluding hydrogens is 1170 g/mol. The highest BCUT2D eigenvalue weighted by atomic mass is 16.6. The molecule has 0 bridgehead atoms. The summed E-state index contributed by atoms with van der Waals surface area (Å²) < 4.78 is 17.7. The average Bonchev–Trinajstić information content (AvgIpc) is 1.85. The zero-order chi connectivity index (χ0) is 68.2. The summed E-state index contributed by atoms with van der Waals surface area (Å²) in [6.07, 6.45) is 0.925. The van der Waals surface area contributed by atoms with E-state index < -0.39 is 114 Å². The third-order valence-electron chi connectivity index (χ3n) is 17.0. The molecule has 3 rings (SSSR count). The molecule has 1 fully saturated rings. The molecular formula is C65H106N12O14. The summed E-state index contributed by atoms with van der Waals surface area (Å²) in [4.78, 5) is 139. The molecule has 12 N–H and O–H groups in total. The molecule has 2 aromatic carbocycles. The molecule has 0 aliphatic carbocycles. The fourth-order valence-electron chi connectivity index (χ4n) is 11.5. The van der Waals surface area contributed by atoms with E-state index in [0.29, 0.717) is 61.9 Å². The van der Waals surface area contributed by atoms with Crippen molar-refractivity contribution < 1.29 is 67.3 Å². The Bertz CT molecular complexity index is 2670. The Hall–Kier alpha value is -7.42. The number of nitrogens with zero attached hydrogens (tertiary/aromatic N) is 3. The van der Waals surface area contributed by atoms with Gasteiger partial charge in [0.2, 0.25) is 47.3 Å². The number of rotatable bonds is 38. The van der Waals surface area contributed by atoms with Gasteiger partial charge in [-0.15, -0.1) is 0 Å². The van der Waals surface area contributed by atoms with E-state index in [1.165, 1.54) is 26.2 Å². The fraction of sp³-hybridized carbons (Fsp3) is 0.662. The van der Waals surface area contributed by atoms with Crippen molar-refractivity contribution in [1.29, 1.82) is 0 Å². The molecule has 1 heterocycles. The van der Waals surface area contributed by atoms with E-state index in [2.05, 4.69) is 37.3 Å². The first-order valence-electron chi connectivity index (χ1n) is 31.9. The van der Waals surface area contributed by atoms with Crippen molar-refractivity contribution in [3.05, 3.63) is 65.7 Å². The number of anilines is 1. The zero-order valence-corrected chi connectivity index (χ0v) is 56.0. The second kappa shape index (κ2) is 39.1. The minimum atomic E-state index is -1.10. The minimum absolute atomic E-state index is 0.0894. The van der Waals surface area contributed by atoms with Gasteiger partial charge < -0.3 is 66.8 Å². The maximum atomic E-state index is 14.8. The van der Waals surface area contributed by atoms with Gasteiger partial charge in [-0.3, -0.25) is 48.7 Å². The first kappa shape index (κ1) is 77.8. The summed E-state index contributed by atoms with van der Waals surface area (Å²) in [5, 5.41) is 27.6. The van der Waals surface area contributed by atoms with Crippen LogP contribution in [0.25, 0.3) is 0 Å². The molecule has 1 aliphatic rings. The van der Waals surface area contributed by atoms with Crippen molar-refractivity contribution >= 4 is 65.1 Å². The van der Waals surface area contributed by atoms with Crippen LogP contribution in [0, 0.1) is 29.6 Å². The van der Waals surface area contributed by atoms with Crippen molar-refractivity contribution in [3.8, 4) is 0 Å². The van der Waals surface area contributed by atoms with Crippen LogP contribution in [0.15, 0.2) is 54.6 Å². The lowest BCUT2D eigenvalue weighted by Gasteiger charge is -2.41. The highest BCUT2D eigenvalue weighted by molar-refractivity contribution is 5.98. The van der Waals surface area contributed by atoms with Gasteiger partial charge in [0.1, 0.15) is 30.8 Å². The molecule has 26 nitrogen and oxygen atoms in total. The van der Waals surface area contributed by atoms with Crippen LogP contribution in [-0.4, -0.2) is 175 Å². The Labute approximate surface area is 537 Å². The fourth-order valence-corrected chi connectivity index (χ4v) is 11.5. The maximum absolute atomic E-state index is 14.8. The van der Waals surface area contributed by atoms with E-state index in [4.69, 9.17) is 25.8 Å². The van der Waals surface area contributed by atoms with Crippen molar-refractivity contribution in [3.63, 3.8) is 0 Å². The molecule has 0 unspecified atom stereocenters. The first-order valence-corrected chi connectivity index (χ1v) is 31.9. The second-order valence-corrected chi connectivity index (χ2v) is 24.9. The number of likely N-dealkylation sites (tertiary alicyclic amines) is 1. The molecule has 1 saturated heterocycles. The lowest BCUT2D eigenvalue weighted by atomic mass is 9.89. The largest absolute Gasteiger partial charge is 0.445 e. The van der Waals surface area contributed by atoms with Crippen molar-refractivity contribution in [1.82, 2.24) is 46.7 Å². The number of hydrogen-bond donors (Lipinski definition) is 10. The SMILES string of the molecule is CC[C@@H](C)[C@@H]([C@@H](CC(=O)N1CCC[C@H]1[C@H](OC)[C@@H](C)C(=O)N[C@H](C)[C@@H](O)c1ccccc1)OC)N(C)C(=O)[C@@H](NC(=O)[C@H](C(C)C)N(C)C(=O)OCc1ccc(NC(=O)[C@H](CCCNC(N)=O)NC(=O)[C@@H](NC(=O)CCCCCC(=O)NN)C(C)C)cc1)C(C)C. The number of urea groups is 1. The van der Waals surface area contributed by atoms with E-state index >= 15 is 0 Å². The van der Waals surface area contributed by atoms with E-state index in [0.717, 1.165) is 0 Å². The van der Waals surface area contributed by atoms with E-state index in [1.807, 2.05) is 32.0 Å². The summed E-state index contributed by atoms with van der Waals surface area (Å²) >= 11 is 0. The maximum Gasteiger partial charge on any atom is 0.410 e. The third kappa shape index (κ3) is 24.3. The molecule has 0 saturated carbocycles. The Morgan fingerprint density at radius 1 is 0.703 bits per heavy atom. The topological polar surface area (TPSA) is 365 Å². The number of methoxy groups -OCH3 is 2. The molecule has 1 aliphatic heterocycles. The summed E-state index contributed by atoms with van der Waals surface area (Å²) in [5.41, 5.74) is 8.84. The van der Waals surface area contributed by atoms with Gasteiger partial charge in [-0.2, -0.15) is 0 Å². The van der Waals surface area contributed by atoms with E-state index in [-0.39, 0.29) is 80.7 Å². The Kier molecular flexibility index (Phi) is 33.4. The Morgan fingerprint density at radius 2 is 1.33 bits per heavy atom. The van der Waals surface area contributed by atoms with E-state index in [9.17, 15) is 53.1 Å². The van der Waals surface area contributed by atoms with Crippen molar-refractivity contribution in [2.24, 2.45) is 41.2 Å². The third-order valence-corrected chi connectivity index (χ3v) is 17.0. The van der Waals surface area contributed by atoms with Gasteiger partial charge in [0.15, 0.2) is 0 Å². The van der Waals surface area contributed by atoms with Crippen LogP contribution in [0.2, 0.25) is 0 Å². The number of aliphatic hydroxyl groups is 1. The summed E-state index contributed by atoms with van der Waals surface area (Å²) in [6, 6.07) is 8.83. The number of benzene rings is 2. The Morgan fingerprint density at radius 3 is 1.89 bits per heavy atom. The molecule has 2 aromatic rings. The number of aliphatic hydroxyl groups excluding tert-OH is 1.